The molecule has 1 aliphatic heterocycles. The maximum absolute atomic E-state index is 13.4. The highest BCUT2D eigenvalue weighted by Crippen LogP contribution is 2.20. The molecule has 0 spiro atoms. The number of amides is 1. The lowest BCUT2D eigenvalue weighted by Gasteiger charge is -2.35. The number of carbonyl (C=O) groups is 1. The van der Waals surface area contributed by atoms with Crippen LogP contribution in [0.25, 0.3) is 0 Å². The number of rotatable bonds is 4. The Kier molecular flexibility index (Phi) is 5.43. The van der Waals surface area contributed by atoms with Gasteiger partial charge in [0.2, 0.25) is 0 Å². The number of benzene rings is 1. The molecule has 1 saturated heterocycles. The molecule has 1 amide bonds. The van der Waals surface area contributed by atoms with E-state index in [1.54, 1.807) is 17.3 Å². The molecule has 0 bridgehead atoms. The molecule has 4 nitrogen and oxygen atoms in total. The first-order chi connectivity index (χ1) is 11.6. The third kappa shape index (κ3) is 4.10. The summed E-state index contributed by atoms with van der Waals surface area (Å²) in [7, 11) is 0. The van der Waals surface area contributed by atoms with Crippen molar-refractivity contribution in [3.63, 3.8) is 0 Å². The van der Waals surface area contributed by atoms with E-state index >= 15 is 0 Å². The normalized spacial score (nSPS) is 15.5. The highest BCUT2D eigenvalue weighted by molar-refractivity contribution is 6.33. The standard InChI is InChI=1S/C18H19ClFN3O/c19-17-2-1-15(20)13-16(17)18(24)23-11-9-22(10-12-23)8-5-14-3-6-21-7-4-14/h1-4,6-7,13H,5,8-12H2. The summed E-state index contributed by atoms with van der Waals surface area (Å²) < 4.78 is 13.4. The molecule has 2 heterocycles. The van der Waals surface area contributed by atoms with Crippen LogP contribution in [0.3, 0.4) is 0 Å². The Hall–Kier alpha value is -1.98. The molecule has 1 aromatic carbocycles. The Morgan fingerprint density at radius 1 is 1.12 bits per heavy atom. The van der Waals surface area contributed by atoms with E-state index < -0.39 is 5.82 Å². The van der Waals surface area contributed by atoms with E-state index in [9.17, 15) is 9.18 Å². The number of pyridine rings is 1. The zero-order valence-electron chi connectivity index (χ0n) is 13.3. The predicted octanol–water partition coefficient (Wildman–Crippen LogP) is 2.87. The van der Waals surface area contributed by atoms with Crippen molar-refractivity contribution >= 4 is 17.5 Å². The van der Waals surface area contributed by atoms with Crippen LogP contribution in [0.15, 0.2) is 42.7 Å². The van der Waals surface area contributed by atoms with E-state index in [1.165, 1.54) is 23.8 Å². The molecule has 0 N–H and O–H groups in total. The Balaban J connectivity index is 1.53. The molecule has 2 aromatic rings. The van der Waals surface area contributed by atoms with E-state index in [0.717, 1.165) is 26.1 Å². The molecule has 0 aliphatic carbocycles. The number of aromatic nitrogens is 1. The average molecular weight is 348 g/mol. The molecule has 1 aliphatic rings. The van der Waals surface area contributed by atoms with Crippen molar-refractivity contribution in [3.8, 4) is 0 Å². The van der Waals surface area contributed by atoms with Gasteiger partial charge in [0.15, 0.2) is 0 Å². The van der Waals surface area contributed by atoms with Gasteiger partial charge in [0.1, 0.15) is 5.82 Å². The Bertz CT molecular complexity index is 703. The van der Waals surface area contributed by atoms with Crippen LogP contribution in [-0.2, 0) is 6.42 Å². The van der Waals surface area contributed by atoms with Gasteiger partial charge >= 0.3 is 0 Å². The van der Waals surface area contributed by atoms with Crippen molar-refractivity contribution in [2.24, 2.45) is 0 Å². The molecule has 1 fully saturated rings. The van der Waals surface area contributed by atoms with Gasteiger partial charge in [-0.05, 0) is 42.3 Å². The van der Waals surface area contributed by atoms with Crippen LogP contribution in [0.4, 0.5) is 4.39 Å². The summed E-state index contributed by atoms with van der Waals surface area (Å²) in [6, 6.07) is 7.93. The molecule has 0 saturated carbocycles. The first kappa shape index (κ1) is 16.9. The van der Waals surface area contributed by atoms with E-state index in [-0.39, 0.29) is 11.5 Å². The highest BCUT2D eigenvalue weighted by Gasteiger charge is 2.23. The lowest BCUT2D eigenvalue weighted by atomic mass is 10.1. The fraction of sp³-hybridized carbons (Fsp3) is 0.333. The third-order valence-electron chi connectivity index (χ3n) is 4.28. The summed E-state index contributed by atoms with van der Waals surface area (Å²) in [6.07, 6.45) is 4.57. The summed E-state index contributed by atoms with van der Waals surface area (Å²) in [4.78, 5) is 20.6. The van der Waals surface area contributed by atoms with Gasteiger partial charge in [0.25, 0.3) is 5.91 Å². The topological polar surface area (TPSA) is 36.4 Å². The van der Waals surface area contributed by atoms with Gasteiger partial charge in [-0.2, -0.15) is 0 Å². The van der Waals surface area contributed by atoms with Crippen molar-refractivity contribution in [2.75, 3.05) is 32.7 Å². The molecule has 1 aromatic heterocycles. The van der Waals surface area contributed by atoms with E-state index in [2.05, 4.69) is 9.88 Å². The fourth-order valence-corrected chi connectivity index (χ4v) is 3.04. The smallest absolute Gasteiger partial charge is 0.255 e. The van der Waals surface area contributed by atoms with Crippen molar-refractivity contribution in [1.29, 1.82) is 0 Å². The van der Waals surface area contributed by atoms with Gasteiger partial charge < -0.3 is 4.90 Å². The van der Waals surface area contributed by atoms with Crippen molar-refractivity contribution in [3.05, 3.63) is 64.7 Å². The maximum Gasteiger partial charge on any atom is 0.255 e. The fourth-order valence-electron chi connectivity index (χ4n) is 2.84. The monoisotopic (exact) mass is 347 g/mol. The number of nitrogens with zero attached hydrogens (tertiary/aromatic N) is 3. The quantitative estimate of drug-likeness (QED) is 0.853. The zero-order chi connectivity index (χ0) is 16.9. The lowest BCUT2D eigenvalue weighted by molar-refractivity contribution is 0.0638. The Morgan fingerprint density at radius 2 is 1.83 bits per heavy atom. The molecule has 6 heteroatoms. The lowest BCUT2D eigenvalue weighted by Crippen LogP contribution is -2.49. The molecule has 24 heavy (non-hydrogen) atoms. The van der Waals surface area contributed by atoms with Gasteiger partial charge in [-0.25, -0.2) is 4.39 Å². The van der Waals surface area contributed by atoms with Gasteiger partial charge in [0.05, 0.1) is 10.6 Å². The largest absolute Gasteiger partial charge is 0.336 e. The minimum atomic E-state index is -0.446. The average Bonchev–Trinajstić information content (AvgIpc) is 2.63. The number of hydrogen-bond donors (Lipinski definition) is 0. The third-order valence-corrected chi connectivity index (χ3v) is 4.61. The Labute approximate surface area is 145 Å². The summed E-state index contributed by atoms with van der Waals surface area (Å²) in [5.74, 6) is -0.646. The van der Waals surface area contributed by atoms with Crippen LogP contribution in [0.2, 0.25) is 5.02 Å². The first-order valence-electron chi connectivity index (χ1n) is 7.99. The van der Waals surface area contributed by atoms with Crippen LogP contribution in [-0.4, -0.2) is 53.4 Å². The molecule has 126 valence electrons. The van der Waals surface area contributed by atoms with Crippen molar-refractivity contribution in [2.45, 2.75) is 6.42 Å². The SMILES string of the molecule is O=C(c1cc(F)ccc1Cl)N1CCN(CCc2ccncc2)CC1. The van der Waals surface area contributed by atoms with Gasteiger partial charge in [-0.15, -0.1) is 0 Å². The van der Waals surface area contributed by atoms with Gasteiger partial charge in [-0.1, -0.05) is 11.6 Å². The summed E-state index contributed by atoms with van der Waals surface area (Å²) in [5.41, 5.74) is 1.50. The minimum absolute atomic E-state index is 0.201. The summed E-state index contributed by atoms with van der Waals surface area (Å²) in [6.45, 7) is 3.82. The summed E-state index contributed by atoms with van der Waals surface area (Å²) in [5, 5.41) is 0.293. The second-order valence-corrected chi connectivity index (χ2v) is 6.27. The molecular weight excluding hydrogens is 329 g/mol. The van der Waals surface area contributed by atoms with Crippen LogP contribution < -0.4 is 0 Å². The summed E-state index contributed by atoms with van der Waals surface area (Å²) >= 11 is 6.03. The molecule has 0 radical (unpaired) electrons. The highest BCUT2D eigenvalue weighted by atomic mass is 35.5. The molecule has 3 rings (SSSR count). The van der Waals surface area contributed by atoms with Crippen LogP contribution >= 0.6 is 11.6 Å². The van der Waals surface area contributed by atoms with E-state index in [0.29, 0.717) is 18.1 Å². The van der Waals surface area contributed by atoms with E-state index in [1.807, 2.05) is 12.1 Å². The number of hydrogen-bond acceptors (Lipinski definition) is 3. The molecular formula is C18H19ClFN3O. The second-order valence-electron chi connectivity index (χ2n) is 5.86. The van der Waals surface area contributed by atoms with Crippen molar-refractivity contribution < 1.29 is 9.18 Å². The Morgan fingerprint density at radius 3 is 2.54 bits per heavy atom. The van der Waals surface area contributed by atoms with Crippen LogP contribution in [0.1, 0.15) is 15.9 Å². The van der Waals surface area contributed by atoms with Gasteiger partial charge in [-0.3, -0.25) is 14.7 Å². The first-order valence-corrected chi connectivity index (χ1v) is 8.37. The number of carbonyl (C=O) groups excluding carboxylic acids is 1. The van der Waals surface area contributed by atoms with Crippen LogP contribution in [0.5, 0.6) is 0 Å². The minimum Gasteiger partial charge on any atom is -0.336 e. The second kappa shape index (κ2) is 7.73. The molecule has 0 atom stereocenters. The van der Waals surface area contributed by atoms with E-state index in [4.69, 9.17) is 11.6 Å². The number of piperazine rings is 1. The van der Waals surface area contributed by atoms with Gasteiger partial charge in [0, 0.05) is 45.1 Å². The number of halogens is 2. The maximum atomic E-state index is 13.4. The predicted molar refractivity (Wildman–Crippen MR) is 91.7 cm³/mol. The van der Waals surface area contributed by atoms with Crippen molar-refractivity contribution in [1.82, 2.24) is 14.8 Å². The van der Waals surface area contributed by atoms with Crippen LogP contribution in [0, 0.1) is 5.82 Å². The molecule has 0 unspecified atom stereocenters. The zero-order valence-corrected chi connectivity index (χ0v) is 14.0.